The van der Waals surface area contributed by atoms with Gasteiger partial charge in [-0.05, 0) is 29.3 Å². The van der Waals surface area contributed by atoms with Gasteiger partial charge < -0.3 is 24.7 Å². The maximum atomic E-state index is 12.9. The first-order chi connectivity index (χ1) is 15.7. The van der Waals surface area contributed by atoms with Crippen LogP contribution in [0.3, 0.4) is 0 Å². The molecule has 0 spiro atoms. The smallest absolute Gasteiger partial charge is 0.315 e. The number of aryl methyl sites for hydroxylation is 1. The van der Waals surface area contributed by atoms with Crippen LogP contribution >= 0.6 is 0 Å². The Bertz CT molecular complexity index is 1200. The summed E-state index contributed by atoms with van der Waals surface area (Å²) >= 11 is 0. The number of amides is 2. The van der Waals surface area contributed by atoms with Crippen LogP contribution in [0, 0.1) is 0 Å². The van der Waals surface area contributed by atoms with Crippen molar-refractivity contribution in [2.45, 2.75) is 12.6 Å². The normalized spacial score (nSPS) is 12.0. The zero-order valence-electron chi connectivity index (χ0n) is 18.8. The van der Waals surface area contributed by atoms with Gasteiger partial charge in [0.05, 0.1) is 26.2 Å². The number of nitrogens with zero attached hydrogens (tertiary/aromatic N) is 2. The number of anilines is 1. The van der Waals surface area contributed by atoms with Gasteiger partial charge in [0.15, 0.2) is 0 Å². The summed E-state index contributed by atoms with van der Waals surface area (Å²) in [5.41, 5.74) is 1.74. The molecule has 0 aliphatic carbocycles. The van der Waals surface area contributed by atoms with Crippen LogP contribution in [0.15, 0.2) is 54.9 Å². The van der Waals surface area contributed by atoms with Crippen molar-refractivity contribution in [3.63, 3.8) is 0 Å². The van der Waals surface area contributed by atoms with Crippen molar-refractivity contribution in [1.29, 1.82) is 0 Å². The molecule has 1 atom stereocenters. The summed E-state index contributed by atoms with van der Waals surface area (Å²) in [6.07, 6.45) is 4.50. The number of carbonyl (C=O) groups excluding carboxylic acids is 1. The molecule has 0 fully saturated rings. The summed E-state index contributed by atoms with van der Waals surface area (Å²) in [5.74, 6) is 1.76. The molecule has 1 unspecified atom stereocenters. The lowest BCUT2D eigenvalue weighted by molar-refractivity contribution is 0.237. The number of carbonyl (C=O) groups is 1. The van der Waals surface area contributed by atoms with Crippen molar-refractivity contribution in [1.82, 2.24) is 20.2 Å². The number of sulfonamides is 1. The summed E-state index contributed by atoms with van der Waals surface area (Å²) in [7, 11) is 1.48. The van der Waals surface area contributed by atoms with Crippen molar-refractivity contribution in [3.8, 4) is 11.5 Å². The summed E-state index contributed by atoms with van der Waals surface area (Å²) in [4.78, 5) is 17.2. The molecule has 3 aromatic rings. The van der Waals surface area contributed by atoms with Gasteiger partial charge in [-0.1, -0.05) is 18.2 Å². The van der Waals surface area contributed by atoms with E-state index in [4.69, 9.17) is 9.47 Å². The fourth-order valence-electron chi connectivity index (χ4n) is 3.28. The number of methoxy groups -OCH3 is 2. The van der Waals surface area contributed by atoms with Gasteiger partial charge in [-0.3, -0.25) is 4.72 Å². The molecule has 10 nitrogen and oxygen atoms in total. The fraction of sp³-hybridized carbons (Fsp3) is 0.273. The molecule has 176 valence electrons. The average Bonchev–Trinajstić information content (AvgIpc) is 3.20. The second kappa shape index (κ2) is 10.3. The number of hydrogen-bond acceptors (Lipinski definition) is 6. The van der Waals surface area contributed by atoms with E-state index in [9.17, 15) is 13.2 Å². The average molecular weight is 474 g/mol. The Morgan fingerprint density at radius 3 is 2.36 bits per heavy atom. The maximum absolute atomic E-state index is 12.9. The van der Waals surface area contributed by atoms with E-state index < -0.39 is 22.1 Å². The number of urea groups is 1. The highest BCUT2D eigenvalue weighted by Crippen LogP contribution is 2.29. The van der Waals surface area contributed by atoms with E-state index in [1.54, 1.807) is 69.1 Å². The predicted octanol–water partition coefficient (Wildman–Crippen LogP) is 2.40. The van der Waals surface area contributed by atoms with Crippen molar-refractivity contribution < 1.29 is 22.7 Å². The minimum absolute atomic E-state index is 0.110. The van der Waals surface area contributed by atoms with Crippen LogP contribution in [0.2, 0.25) is 0 Å². The van der Waals surface area contributed by atoms with Crippen molar-refractivity contribution in [2.75, 3.05) is 25.2 Å². The number of rotatable bonds is 9. The minimum atomic E-state index is -3.45. The van der Waals surface area contributed by atoms with E-state index in [1.165, 1.54) is 0 Å². The topological polar surface area (TPSA) is 124 Å². The summed E-state index contributed by atoms with van der Waals surface area (Å²) in [6.45, 7) is 0.110. The number of para-hydroxylation sites is 1. The lowest BCUT2D eigenvalue weighted by atomic mass is 10.1. The first-order valence-corrected chi connectivity index (χ1v) is 11.9. The van der Waals surface area contributed by atoms with Gasteiger partial charge in [0.25, 0.3) is 0 Å². The number of nitrogens with one attached hydrogen (secondary N) is 3. The van der Waals surface area contributed by atoms with Gasteiger partial charge in [-0.25, -0.2) is 18.2 Å². The van der Waals surface area contributed by atoms with E-state index in [0.717, 1.165) is 11.8 Å². The molecule has 0 aliphatic rings. The summed E-state index contributed by atoms with van der Waals surface area (Å²) in [6, 6.07) is 11.1. The van der Waals surface area contributed by atoms with E-state index in [2.05, 4.69) is 20.3 Å². The van der Waals surface area contributed by atoms with Crippen LogP contribution in [0.4, 0.5) is 10.5 Å². The Kier molecular flexibility index (Phi) is 7.44. The van der Waals surface area contributed by atoms with Gasteiger partial charge in [0.2, 0.25) is 10.0 Å². The molecule has 0 saturated carbocycles. The molecule has 0 aliphatic heterocycles. The Morgan fingerprint density at radius 1 is 1.12 bits per heavy atom. The Hall–Kier alpha value is -3.73. The molecule has 11 heteroatoms. The van der Waals surface area contributed by atoms with Crippen molar-refractivity contribution >= 4 is 21.7 Å². The third-order valence-electron chi connectivity index (χ3n) is 4.85. The minimum Gasteiger partial charge on any atom is -0.497 e. The van der Waals surface area contributed by atoms with Gasteiger partial charge in [-0.2, -0.15) is 0 Å². The lowest BCUT2D eigenvalue weighted by Crippen LogP contribution is -2.39. The molecule has 0 saturated heterocycles. The second-order valence-corrected chi connectivity index (χ2v) is 9.08. The SMILES string of the molecule is COc1cc(OC)cc(C(NC(=O)NCc2ccccc2NS(C)(=O)=O)c2nccn2C)c1. The van der Waals surface area contributed by atoms with Crippen LogP contribution in [0.5, 0.6) is 11.5 Å². The van der Waals surface area contributed by atoms with Crippen LogP contribution in [0.25, 0.3) is 0 Å². The van der Waals surface area contributed by atoms with Crippen LogP contribution in [0.1, 0.15) is 23.0 Å². The number of ether oxygens (including phenoxy) is 2. The molecule has 0 radical (unpaired) electrons. The zero-order valence-corrected chi connectivity index (χ0v) is 19.6. The van der Waals surface area contributed by atoms with Gasteiger partial charge in [-0.15, -0.1) is 0 Å². The molecule has 33 heavy (non-hydrogen) atoms. The molecule has 1 heterocycles. The predicted molar refractivity (Wildman–Crippen MR) is 125 cm³/mol. The van der Waals surface area contributed by atoms with Gasteiger partial charge in [0, 0.05) is 32.1 Å². The standard InChI is InChI=1S/C22H27N5O5S/c1-27-10-9-23-21(27)20(16-11-17(31-2)13-18(12-16)32-3)25-22(28)24-14-15-7-5-6-8-19(15)26-33(4,29)30/h5-13,20,26H,14H2,1-4H3,(H2,24,25,28). The number of aromatic nitrogens is 2. The third-order valence-corrected chi connectivity index (χ3v) is 5.44. The van der Waals surface area contributed by atoms with E-state index in [0.29, 0.717) is 28.6 Å². The molecule has 2 amide bonds. The van der Waals surface area contributed by atoms with Crippen molar-refractivity contribution in [3.05, 3.63) is 71.8 Å². The molecule has 2 aromatic carbocycles. The van der Waals surface area contributed by atoms with Crippen LogP contribution in [-0.4, -0.2) is 44.5 Å². The molecule has 1 aromatic heterocycles. The van der Waals surface area contributed by atoms with Crippen LogP contribution in [-0.2, 0) is 23.6 Å². The first-order valence-electron chi connectivity index (χ1n) is 10.0. The van der Waals surface area contributed by atoms with Crippen molar-refractivity contribution in [2.24, 2.45) is 7.05 Å². The largest absolute Gasteiger partial charge is 0.497 e. The monoisotopic (exact) mass is 473 g/mol. The Balaban J connectivity index is 1.83. The molecule has 3 N–H and O–H groups in total. The van der Waals surface area contributed by atoms with E-state index in [-0.39, 0.29) is 6.54 Å². The fourth-order valence-corrected chi connectivity index (χ4v) is 3.88. The summed E-state index contributed by atoms with van der Waals surface area (Å²) < 4.78 is 38.2. The molecule has 0 bridgehead atoms. The quantitative estimate of drug-likeness (QED) is 0.439. The second-order valence-electron chi connectivity index (χ2n) is 7.33. The Morgan fingerprint density at radius 2 is 1.79 bits per heavy atom. The summed E-state index contributed by atoms with van der Waals surface area (Å²) in [5, 5.41) is 5.71. The molecule has 3 rings (SSSR count). The number of hydrogen-bond donors (Lipinski definition) is 3. The lowest BCUT2D eigenvalue weighted by Gasteiger charge is -2.21. The number of benzene rings is 2. The van der Waals surface area contributed by atoms with Crippen LogP contribution < -0.4 is 24.8 Å². The van der Waals surface area contributed by atoms with E-state index in [1.807, 2.05) is 11.6 Å². The Labute approximate surface area is 193 Å². The van der Waals surface area contributed by atoms with E-state index >= 15 is 0 Å². The molecular formula is C22H27N5O5S. The zero-order chi connectivity index (χ0) is 24.0. The molecular weight excluding hydrogens is 446 g/mol. The third kappa shape index (κ3) is 6.39. The van der Waals surface area contributed by atoms with Gasteiger partial charge in [0.1, 0.15) is 23.4 Å². The van der Waals surface area contributed by atoms with Gasteiger partial charge >= 0.3 is 6.03 Å². The highest BCUT2D eigenvalue weighted by Gasteiger charge is 2.22. The highest BCUT2D eigenvalue weighted by molar-refractivity contribution is 7.92. The highest BCUT2D eigenvalue weighted by atomic mass is 32.2. The first kappa shape index (κ1) is 23.9. The maximum Gasteiger partial charge on any atom is 0.315 e. The number of imidazole rings is 1.